The van der Waals surface area contributed by atoms with Crippen molar-refractivity contribution in [1.29, 1.82) is 0 Å². The largest absolute Gasteiger partial charge is 0.491 e. The van der Waals surface area contributed by atoms with Crippen molar-refractivity contribution in [2.75, 3.05) is 20.3 Å². The Balaban J connectivity index is 2.51. The third-order valence-electron chi connectivity index (χ3n) is 1.95. The van der Waals surface area contributed by atoms with Crippen molar-refractivity contribution < 1.29 is 14.3 Å². The Morgan fingerprint density at radius 2 is 1.94 bits per heavy atom. The average Bonchev–Trinajstić information content (AvgIpc) is 2.28. The number of rotatable bonds is 6. The number of hydrogen-bond acceptors (Lipinski definition) is 3. The van der Waals surface area contributed by atoms with Crippen molar-refractivity contribution in [1.82, 2.24) is 0 Å². The Morgan fingerprint density at radius 1 is 1.25 bits per heavy atom. The van der Waals surface area contributed by atoms with Gasteiger partial charge >= 0.3 is 0 Å². The standard InChI is InChI=1S/C13H16O3/c1-11(14)3-4-12-5-7-13(8-6-12)16-10-9-15-2/h3-8H,9-10H2,1-2H3/b4-3+. The van der Waals surface area contributed by atoms with Gasteiger partial charge in [0, 0.05) is 7.11 Å². The molecule has 0 spiro atoms. The lowest BCUT2D eigenvalue weighted by Crippen LogP contribution is -2.03. The lowest BCUT2D eigenvalue weighted by molar-refractivity contribution is -0.112. The van der Waals surface area contributed by atoms with Gasteiger partial charge in [0.2, 0.25) is 0 Å². The van der Waals surface area contributed by atoms with Crippen LogP contribution < -0.4 is 4.74 Å². The molecule has 1 rings (SSSR count). The normalized spacial score (nSPS) is 10.6. The van der Waals surface area contributed by atoms with Crippen LogP contribution in [0.3, 0.4) is 0 Å². The summed E-state index contributed by atoms with van der Waals surface area (Å²) in [7, 11) is 1.64. The number of carbonyl (C=O) groups is 1. The van der Waals surface area contributed by atoms with E-state index >= 15 is 0 Å². The highest BCUT2D eigenvalue weighted by atomic mass is 16.5. The Labute approximate surface area is 95.7 Å². The summed E-state index contributed by atoms with van der Waals surface area (Å²) in [5.74, 6) is 0.845. The Kier molecular flexibility index (Phi) is 5.29. The molecular weight excluding hydrogens is 204 g/mol. The van der Waals surface area contributed by atoms with E-state index in [4.69, 9.17) is 9.47 Å². The Morgan fingerprint density at radius 3 is 2.50 bits per heavy atom. The van der Waals surface area contributed by atoms with E-state index in [1.807, 2.05) is 24.3 Å². The number of benzene rings is 1. The van der Waals surface area contributed by atoms with Gasteiger partial charge in [0.15, 0.2) is 5.78 Å². The molecule has 86 valence electrons. The number of ether oxygens (including phenoxy) is 2. The van der Waals surface area contributed by atoms with Crippen molar-refractivity contribution in [3.05, 3.63) is 35.9 Å². The summed E-state index contributed by atoms with van der Waals surface area (Å²) in [6.45, 7) is 2.64. The number of hydrogen-bond donors (Lipinski definition) is 0. The van der Waals surface area contributed by atoms with Gasteiger partial charge in [-0.25, -0.2) is 0 Å². The first kappa shape index (κ1) is 12.5. The summed E-state index contributed by atoms with van der Waals surface area (Å²) >= 11 is 0. The van der Waals surface area contributed by atoms with Crippen molar-refractivity contribution >= 4 is 11.9 Å². The summed E-state index contributed by atoms with van der Waals surface area (Å²) in [4.78, 5) is 10.7. The monoisotopic (exact) mass is 220 g/mol. The molecule has 0 saturated heterocycles. The minimum atomic E-state index is 0.0421. The molecule has 16 heavy (non-hydrogen) atoms. The van der Waals surface area contributed by atoms with Crippen molar-refractivity contribution in [3.63, 3.8) is 0 Å². The van der Waals surface area contributed by atoms with Gasteiger partial charge in [-0.3, -0.25) is 4.79 Å². The van der Waals surface area contributed by atoms with E-state index in [1.165, 1.54) is 6.92 Å². The fourth-order valence-corrected chi connectivity index (χ4v) is 1.13. The van der Waals surface area contributed by atoms with Gasteiger partial charge in [-0.1, -0.05) is 18.2 Å². The highest BCUT2D eigenvalue weighted by molar-refractivity contribution is 5.91. The van der Waals surface area contributed by atoms with E-state index < -0.39 is 0 Å². The molecular formula is C13H16O3. The summed E-state index contributed by atoms with van der Waals surface area (Å²) in [6.07, 6.45) is 3.32. The van der Waals surface area contributed by atoms with E-state index in [2.05, 4.69) is 0 Å². The Bertz CT molecular complexity index is 352. The van der Waals surface area contributed by atoms with Gasteiger partial charge < -0.3 is 9.47 Å². The zero-order valence-electron chi connectivity index (χ0n) is 9.60. The molecule has 0 amide bonds. The zero-order chi connectivity index (χ0) is 11.8. The summed E-state index contributed by atoms with van der Waals surface area (Å²) < 4.78 is 10.3. The predicted octanol–water partition coefficient (Wildman–Crippen LogP) is 2.31. The van der Waals surface area contributed by atoms with Crippen LogP contribution in [0.25, 0.3) is 6.08 Å². The maximum atomic E-state index is 10.7. The predicted molar refractivity (Wildman–Crippen MR) is 63.5 cm³/mol. The number of ketones is 1. The molecule has 1 aromatic carbocycles. The average molecular weight is 220 g/mol. The summed E-state index contributed by atoms with van der Waals surface area (Å²) in [5, 5.41) is 0. The van der Waals surface area contributed by atoms with Gasteiger partial charge in [0.25, 0.3) is 0 Å². The molecule has 0 unspecified atom stereocenters. The van der Waals surface area contributed by atoms with Crippen LogP contribution in [0, 0.1) is 0 Å². The van der Waals surface area contributed by atoms with Crippen LogP contribution in [0.4, 0.5) is 0 Å². The number of methoxy groups -OCH3 is 1. The molecule has 0 saturated carbocycles. The minimum absolute atomic E-state index is 0.0421. The second-order valence-corrected chi connectivity index (χ2v) is 3.35. The smallest absolute Gasteiger partial charge is 0.152 e. The fraction of sp³-hybridized carbons (Fsp3) is 0.308. The van der Waals surface area contributed by atoms with Crippen LogP contribution in [0.2, 0.25) is 0 Å². The molecule has 0 N–H and O–H groups in total. The van der Waals surface area contributed by atoms with Crippen LogP contribution in [0.1, 0.15) is 12.5 Å². The van der Waals surface area contributed by atoms with Crippen LogP contribution in [-0.4, -0.2) is 26.1 Å². The molecule has 0 aromatic heterocycles. The van der Waals surface area contributed by atoms with Gasteiger partial charge in [-0.05, 0) is 30.7 Å². The van der Waals surface area contributed by atoms with Crippen molar-refractivity contribution in [2.45, 2.75) is 6.92 Å². The van der Waals surface area contributed by atoms with Gasteiger partial charge in [0.1, 0.15) is 12.4 Å². The molecule has 0 atom stereocenters. The number of carbonyl (C=O) groups excluding carboxylic acids is 1. The number of allylic oxidation sites excluding steroid dienone is 1. The van der Waals surface area contributed by atoms with E-state index in [0.29, 0.717) is 13.2 Å². The van der Waals surface area contributed by atoms with E-state index in [0.717, 1.165) is 11.3 Å². The minimum Gasteiger partial charge on any atom is -0.491 e. The summed E-state index contributed by atoms with van der Waals surface area (Å²) in [6, 6.07) is 7.55. The molecule has 0 aliphatic rings. The third-order valence-corrected chi connectivity index (χ3v) is 1.95. The SMILES string of the molecule is COCCOc1ccc(/C=C/C(C)=O)cc1. The maximum Gasteiger partial charge on any atom is 0.152 e. The quantitative estimate of drug-likeness (QED) is 0.545. The maximum absolute atomic E-state index is 10.7. The molecule has 0 radical (unpaired) electrons. The molecule has 1 aromatic rings. The van der Waals surface area contributed by atoms with Crippen LogP contribution in [-0.2, 0) is 9.53 Å². The highest BCUT2D eigenvalue weighted by Crippen LogP contribution is 2.13. The second kappa shape index (κ2) is 6.80. The fourth-order valence-electron chi connectivity index (χ4n) is 1.13. The first-order chi connectivity index (χ1) is 7.72. The van der Waals surface area contributed by atoms with E-state index in [1.54, 1.807) is 19.3 Å². The van der Waals surface area contributed by atoms with Gasteiger partial charge in [-0.15, -0.1) is 0 Å². The highest BCUT2D eigenvalue weighted by Gasteiger charge is 1.93. The molecule has 0 aliphatic carbocycles. The molecule has 0 bridgehead atoms. The molecule has 0 aliphatic heterocycles. The first-order valence-corrected chi connectivity index (χ1v) is 5.13. The lowest BCUT2D eigenvalue weighted by Gasteiger charge is -2.05. The topological polar surface area (TPSA) is 35.5 Å². The summed E-state index contributed by atoms with van der Waals surface area (Å²) in [5.41, 5.74) is 0.981. The molecule has 0 fully saturated rings. The lowest BCUT2D eigenvalue weighted by atomic mass is 10.2. The first-order valence-electron chi connectivity index (χ1n) is 5.13. The Hall–Kier alpha value is -1.61. The van der Waals surface area contributed by atoms with Crippen molar-refractivity contribution in [2.24, 2.45) is 0 Å². The van der Waals surface area contributed by atoms with E-state index in [-0.39, 0.29) is 5.78 Å². The molecule has 0 heterocycles. The second-order valence-electron chi connectivity index (χ2n) is 3.35. The van der Waals surface area contributed by atoms with Crippen molar-refractivity contribution in [3.8, 4) is 5.75 Å². The van der Waals surface area contributed by atoms with E-state index in [9.17, 15) is 4.79 Å². The molecule has 3 nitrogen and oxygen atoms in total. The van der Waals surface area contributed by atoms with Gasteiger partial charge in [-0.2, -0.15) is 0 Å². The van der Waals surface area contributed by atoms with Crippen LogP contribution in [0.5, 0.6) is 5.75 Å². The molecule has 3 heteroatoms. The van der Waals surface area contributed by atoms with Crippen LogP contribution in [0.15, 0.2) is 30.3 Å². The third kappa shape index (κ3) is 4.75. The van der Waals surface area contributed by atoms with Gasteiger partial charge in [0.05, 0.1) is 6.61 Å². The zero-order valence-corrected chi connectivity index (χ0v) is 9.60. The van der Waals surface area contributed by atoms with Crippen LogP contribution >= 0.6 is 0 Å².